The molecule has 0 aliphatic heterocycles. The molecule has 74 valence electrons. The van der Waals surface area contributed by atoms with E-state index in [4.69, 9.17) is 15.3 Å². The van der Waals surface area contributed by atoms with E-state index in [1.165, 1.54) is 6.07 Å². The lowest BCUT2D eigenvalue weighted by molar-refractivity contribution is -0.131. The maximum Gasteiger partial charge on any atom is 0.332 e. The normalized spacial score (nSPS) is 11.3. The van der Waals surface area contributed by atoms with Crippen LogP contribution in [0.5, 0.6) is 11.5 Å². The second-order valence-corrected chi connectivity index (χ2v) is 2.57. The van der Waals surface area contributed by atoms with Gasteiger partial charge in [-0.05, 0) is 18.2 Å². The van der Waals surface area contributed by atoms with E-state index in [1.807, 2.05) is 0 Å². The fraction of sp³-hybridized carbons (Fsp3) is 0. The molecule has 0 amide bonds. The summed E-state index contributed by atoms with van der Waals surface area (Å²) in [5.41, 5.74) is 0.114. The van der Waals surface area contributed by atoms with Crippen LogP contribution in [0.15, 0.2) is 24.3 Å². The summed E-state index contributed by atoms with van der Waals surface area (Å²) < 4.78 is 0. The topological polar surface area (TPSA) is 98.0 Å². The van der Waals surface area contributed by atoms with Crippen molar-refractivity contribution in [3.63, 3.8) is 0 Å². The number of carbonyl (C=O) groups is 1. The molecule has 0 radical (unpaired) electrons. The summed E-state index contributed by atoms with van der Waals surface area (Å²) in [5, 5.41) is 35.5. The first-order chi connectivity index (χ1) is 6.50. The SMILES string of the molecule is O=C(O)/C=C(\O)c1ccc(O)c(O)c1. The smallest absolute Gasteiger partial charge is 0.332 e. The largest absolute Gasteiger partial charge is 0.507 e. The van der Waals surface area contributed by atoms with Gasteiger partial charge in [0.2, 0.25) is 0 Å². The fourth-order valence-electron chi connectivity index (χ4n) is 0.883. The van der Waals surface area contributed by atoms with Crippen LogP contribution in [0.3, 0.4) is 0 Å². The summed E-state index contributed by atoms with van der Waals surface area (Å²) in [6.07, 6.45) is 0.589. The second kappa shape index (κ2) is 3.69. The maximum atomic E-state index is 10.2. The number of phenolic OH excluding ortho intramolecular Hbond substituents is 2. The van der Waals surface area contributed by atoms with Crippen LogP contribution in [0.1, 0.15) is 5.56 Å². The van der Waals surface area contributed by atoms with Crippen LogP contribution < -0.4 is 0 Å². The van der Waals surface area contributed by atoms with Gasteiger partial charge >= 0.3 is 5.97 Å². The summed E-state index contributed by atoms with van der Waals surface area (Å²) >= 11 is 0. The van der Waals surface area contributed by atoms with Gasteiger partial charge in [-0.3, -0.25) is 0 Å². The highest BCUT2D eigenvalue weighted by Gasteiger charge is 2.05. The minimum absolute atomic E-state index is 0.114. The Labute approximate surface area is 79.2 Å². The Morgan fingerprint density at radius 3 is 2.29 bits per heavy atom. The number of aliphatic carboxylic acids is 1. The van der Waals surface area contributed by atoms with Crippen molar-refractivity contribution in [3.05, 3.63) is 29.8 Å². The Kier molecular flexibility index (Phi) is 2.62. The first kappa shape index (κ1) is 9.91. The molecule has 0 unspecified atom stereocenters. The van der Waals surface area contributed by atoms with Gasteiger partial charge in [0.1, 0.15) is 5.76 Å². The number of phenols is 2. The minimum atomic E-state index is -1.30. The van der Waals surface area contributed by atoms with Crippen LogP contribution in [0.2, 0.25) is 0 Å². The Balaban J connectivity index is 3.09. The van der Waals surface area contributed by atoms with Crippen molar-refractivity contribution in [1.29, 1.82) is 0 Å². The highest BCUT2D eigenvalue weighted by molar-refractivity contribution is 5.88. The van der Waals surface area contributed by atoms with Gasteiger partial charge in [-0.1, -0.05) is 0 Å². The lowest BCUT2D eigenvalue weighted by Gasteiger charge is -2.01. The molecule has 0 bridgehead atoms. The Morgan fingerprint density at radius 2 is 1.79 bits per heavy atom. The van der Waals surface area contributed by atoms with E-state index in [2.05, 4.69) is 0 Å². The Hall–Kier alpha value is -2.17. The molecule has 4 N–H and O–H groups in total. The quantitative estimate of drug-likeness (QED) is 0.322. The van der Waals surface area contributed by atoms with Crippen molar-refractivity contribution in [3.8, 4) is 11.5 Å². The zero-order valence-corrected chi connectivity index (χ0v) is 7.01. The third kappa shape index (κ3) is 2.16. The summed E-state index contributed by atoms with van der Waals surface area (Å²) in [4.78, 5) is 10.2. The maximum absolute atomic E-state index is 10.2. The first-order valence-corrected chi connectivity index (χ1v) is 3.66. The third-order valence-electron chi connectivity index (χ3n) is 1.53. The van der Waals surface area contributed by atoms with Gasteiger partial charge in [0.25, 0.3) is 0 Å². The lowest BCUT2D eigenvalue weighted by Crippen LogP contribution is -1.91. The van der Waals surface area contributed by atoms with E-state index in [9.17, 15) is 9.90 Å². The van der Waals surface area contributed by atoms with Crippen molar-refractivity contribution >= 4 is 11.7 Å². The van der Waals surface area contributed by atoms with Crippen molar-refractivity contribution in [2.45, 2.75) is 0 Å². The molecule has 0 fully saturated rings. The minimum Gasteiger partial charge on any atom is -0.507 e. The van der Waals surface area contributed by atoms with Crippen LogP contribution in [-0.2, 0) is 4.79 Å². The lowest BCUT2D eigenvalue weighted by atomic mass is 10.1. The van der Waals surface area contributed by atoms with Gasteiger partial charge in [-0.15, -0.1) is 0 Å². The molecule has 0 saturated carbocycles. The molecular formula is C9H8O5. The first-order valence-electron chi connectivity index (χ1n) is 3.66. The monoisotopic (exact) mass is 196 g/mol. The summed E-state index contributed by atoms with van der Waals surface area (Å²) in [6.45, 7) is 0. The van der Waals surface area contributed by atoms with Crippen LogP contribution >= 0.6 is 0 Å². The van der Waals surface area contributed by atoms with Crippen molar-refractivity contribution < 1.29 is 25.2 Å². The number of aliphatic hydroxyl groups excluding tert-OH is 1. The fourth-order valence-corrected chi connectivity index (χ4v) is 0.883. The highest BCUT2D eigenvalue weighted by Crippen LogP contribution is 2.27. The van der Waals surface area contributed by atoms with E-state index in [1.54, 1.807) is 0 Å². The number of aromatic hydroxyl groups is 2. The molecule has 1 aromatic rings. The average Bonchev–Trinajstić information content (AvgIpc) is 2.08. The van der Waals surface area contributed by atoms with E-state index in [0.29, 0.717) is 6.08 Å². The molecule has 0 aliphatic carbocycles. The molecule has 0 saturated heterocycles. The van der Waals surface area contributed by atoms with Crippen LogP contribution in [-0.4, -0.2) is 26.4 Å². The van der Waals surface area contributed by atoms with Crippen LogP contribution in [0.4, 0.5) is 0 Å². The van der Waals surface area contributed by atoms with E-state index in [-0.39, 0.29) is 11.3 Å². The highest BCUT2D eigenvalue weighted by atomic mass is 16.4. The summed E-state index contributed by atoms with van der Waals surface area (Å²) in [5.74, 6) is -2.55. The Bertz CT molecular complexity index is 394. The standard InChI is InChI=1S/C9H8O5/c10-6-2-1-5(3-8(6)12)7(11)4-9(13)14/h1-4,10-12H,(H,13,14)/b7-4-. The van der Waals surface area contributed by atoms with Crippen LogP contribution in [0, 0.1) is 0 Å². The van der Waals surface area contributed by atoms with Gasteiger partial charge in [-0.2, -0.15) is 0 Å². The summed E-state index contributed by atoms with van der Waals surface area (Å²) in [7, 11) is 0. The molecule has 5 nitrogen and oxygen atoms in total. The van der Waals surface area contributed by atoms with Crippen molar-refractivity contribution in [2.24, 2.45) is 0 Å². The van der Waals surface area contributed by atoms with Gasteiger partial charge < -0.3 is 20.4 Å². The number of rotatable bonds is 2. The van der Waals surface area contributed by atoms with Gasteiger partial charge in [0, 0.05) is 5.56 Å². The summed E-state index contributed by atoms with van der Waals surface area (Å²) in [6, 6.07) is 3.49. The number of aliphatic hydroxyl groups is 1. The molecule has 14 heavy (non-hydrogen) atoms. The number of carboxylic acid groups (broad SMARTS) is 1. The number of benzene rings is 1. The number of carboxylic acids is 1. The second-order valence-electron chi connectivity index (χ2n) is 2.57. The van der Waals surface area contributed by atoms with Crippen molar-refractivity contribution in [1.82, 2.24) is 0 Å². The molecule has 0 spiro atoms. The molecule has 1 rings (SSSR count). The Morgan fingerprint density at radius 1 is 1.14 bits per heavy atom. The molecule has 1 aromatic carbocycles. The molecule has 0 atom stereocenters. The van der Waals surface area contributed by atoms with Gasteiger partial charge in [-0.25, -0.2) is 4.79 Å². The predicted octanol–water partition coefficient (Wildman–Crippen LogP) is 1.08. The molecule has 0 aromatic heterocycles. The van der Waals surface area contributed by atoms with Crippen molar-refractivity contribution in [2.75, 3.05) is 0 Å². The average molecular weight is 196 g/mol. The van der Waals surface area contributed by atoms with E-state index < -0.39 is 17.5 Å². The molecule has 0 heterocycles. The number of hydrogen-bond donors (Lipinski definition) is 4. The predicted molar refractivity (Wildman–Crippen MR) is 48.0 cm³/mol. The van der Waals surface area contributed by atoms with E-state index >= 15 is 0 Å². The van der Waals surface area contributed by atoms with Gasteiger partial charge in [0.15, 0.2) is 11.5 Å². The number of hydrogen-bond acceptors (Lipinski definition) is 4. The molecule has 0 aliphatic rings. The van der Waals surface area contributed by atoms with Gasteiger partial charge in [0.05, 0.1) is 6.08 Å². The van der Waals surface area contributed by atoms with E-state index in [0.717, 1.165) is 12.1 Å². The molecule has 5 heteroatoms. The van der Waals surface area contributed by atoms with Crippen LogP contribution in [0.25, 0.3) is 5.76 Å². The molecular weight excluding hydrogens is 188 g/mol. The zero-order chi connectivity index (χ0) is 10.7. The third-order valence-corrected chi connectivity index (χ3v) is 1.53. The zero-order valence-electron chi connectivity index (χ0n) is 7.01.